The van der Waals surface area contributed by atoms with E-state index in [0.717, 1.165) is 33.1 Å². The molecule has 0 amide bonds. The lowest BCUT2D eigenvalue weighted by Gasteiger charge is -2.23. The van der Waals surface area contributed by atoms with Gasteiger partial charge in [0, 0.05) is 40.6 Å². The second-order valence-electron chi connectivity index (χ2n) is 8.38. The van der Waals surface area contributed by atoms with Gasteiger partial charge in [0.25, 0.3) is 0 Å². The van der Waals surface area contributed by atoms with E-state index in [4.69, 9.17) is 14.2 Å². The largest absolute Gasteiger partial charge is 0.497 e. The maximum Gasteiger partial charge on any atom is 0.194 e. The van der Waals surface area contributed by atoms with Gasteiger partial charge < -0.3 is 14.2 Å². The van der Waals surface area contributed by atoms with E-state index in [0.29, 0.717) is 24.3 Å². The first-order valence-electron chi connectivity index (χ1n) is 12.5. The average Bonchev–Trinajstić information content (AvgIpc) is 2.96. The number of benzene rings is 4. The van der Waals surface area contributed by atoms with Gasteiger partial charge in [-0.3, -0.25) is 4.79 Å². The highest BCUT2D eigenvalue weighted by Gasteiger charge is 2.26. The van der Waals surface area contributed by atoms with Crippen LogP contribution >= 0.6 is 11.8 Å². The van der Waals surface area contributed by atoms with Gasteiger partial charge in [0.1, 0.15) is 5.75 Å². The molecule has 0 saturated carbocycles. The molecular weight excluding hydrogens is 480 g/mol. The highest BCUT2D eigenvalue weighted by atomic mass is 32.2. The molecule has 0 bridgehead atoms. The van der Waals surface area contributed by atoms with Gasteiger partial charge in [0.05, 0.1) is 7.11 Å². The van der Waals surface area contributed by atoms with E-state index >= 15 is 0 Å². The SMILES string of the molecule is CCOC(OCC)c1cc(SCc2ccc(OC)cc2)cc(-c2ccccc2)c1C(=O)c1ccccc1. The second-order valence-corrected chi connectivity index (χ2v) is 9.42. The van der Waals surface area contributed by atoms with E-state index in [-0.39, 0.29) is 5.78 Å². The molecule has 0 aliphatic heterocycles. The number of hydrogen-bond donors (Lipinski definition) is 0. The molecule has 0 fully saturated rings. The molecule has 0 heterocycles. The van der Waals surface area contributed by atoms with Gasteiger partial charge in [-0.05, 0) is 54.8 Å². The fourth-order valence-electron chi connectivity index (χ4n) is 4.16. The highest BCUT2D eigenvalue weighted by molar-refractivity contribution is 7.98. The van der Waals surface area contributed by atoms with Crippen LogP contribution < -0.4 is 4.74 Å². The molecule has 4 rings (SSSR count). The first-order valence-corrected chi connectivity index (χ1v) is 13.4. The van der Waals surface area contributed by atoms with Crippen molar-refractivity contribution in [2.45, 2.75) is 30.8 Å². The van der Waals surface area contributed by atoms with E-state index in [2.05, 4.69) is 18.2 Å². The molecule has 0 aliphatic rings. The number of thioether (sulfide) groups is 1. The molecule has 0 unspecified atom stereocenters. The van der Waals surface area contributed by atoms with Gasteiger partial charge in [-0.2, -0.15) is 0 Å². The van der Waals surface area contributed by atoms with Crippen molar-refractivity contribution < 1.29 is 19.0 Å². The number of rotatable bonds is 12. The van der Waals surface area contributed by atoms with E-state index in [1.54, 1.807) is 18.9 Å². The number of ether oxygens (including phenoxy) is 3. The summed E-state index contributed by atoms with van der Waals surface area (Å²) in [6.45, 7) is 4.80. The monoisotopic (exact) mass is 512 g/mol. The van der Waals surface area contributed by atoms with Gasteiger partial charge in [0.15, 0.2) is 12.1 Å². The van der Waals surface area contributed by atoms with Gasteiger partial charge in [-0.1, -0.05) is 72.8 Å². The smallest absolute Gasteiger partial charge is 0.194 e. The Morgan fingerprint density at radius 3 is 2.03 bits per heavy atom. The van der Waals surface area contributed by atoms with Crippen LogP contribution in [0.15, 0.2) is 102 Å². The maximum atomic E-state index is 14.0. The first kappa shape index (κ1) is 26.7. The van der Waals surface area contributed by atoms with Gasteiger partial charge in [-0.25, -0.2) is 0 Å². The fraction of sp³-hybridized carbons (Fsp3) is 0.219. The number of carbonyl (C=O) groups excluding carboxylic acids is 1. The zero-order chi connectivity index (χ0) is 26.0. The molecule has 0 atom stereocenters. The summed E-state index contributed by atoms with van der Waals surface area (Å²) in [6.07, 6.45) is -0.651. The number of carbonyl (C=O) groups is 1. The lowest BCUT2D eigenvalue weighted by Crippen LogP contribution is -2.16. The molecule has 190 valence electrons. The standard InChI is InChI=1S/C32H32O4S/c1-4-35-32(36-5-2)29-21-27(37-22-23-16-18-26(34-3)19-17-23)20-28(24-12-8-6-9-13-24)30(29)31(33)25-14-10-7-11-15-25/h6-21,32H,4-5,22H2,1-3H3. The molecule has 0 aliphatic carbocycles. The number of hydrogen-bond acceptors (Lipinski definition) is 5. The topological polar surface area (TPSA) is 44.8 Å². The molecule has 0 N–H and O–H groups in total. The maximum absolute atomic E-state index is 14.0. The van der Waals surface area contributed by atoms with E-state index < -0.39 is 6.29 Å². The van der Waals surface area contributed by atoms with Gasteiger partial charge >= 0.3 is 0 Å². The van der Waals surface area contributed by atoms with Gasteiger partial charge in [0.2, 0.25) is 0 Å². The van der Waals surface area contributed by atoms with Crippen LogP contribution in [0.5, 0.6) is 5.75 Å². The molecule has 5 heteroatoms. The molecule has 4 aromatic rings. The number of methoxy groups -OCH3 is 1. The Balaban J connectivity index is 1.85. The lowest BCUT2D eigenvalue weighted by atomic mass is 9.89. The number of ketones is 1. The van der Waals surface area contributed by atoms with Crippen molar-refractivity contribution in [3.63, 3.8) is 0 Å². The van der Waals surface area contributed by atoms with E-state index in [1.165, 1.54) is 5.56 Å². The molecule has 4 nitrogen and oxygen atoms in total. The zero-order valence-electron chi connectivity index (χ0n) is 21.5. The lowest BCUT2D eigenvalue weighted by molar-refractivity contribution is -0.140. The van der Waals surface area contributed by atoms with Crippen molar-refractivity contribution in [1.29, 1.82) is 0 Å². The first-order chi connectivity index (χ1) is 18.1. The summed E-state index contributed by atoms with van der Waals surface area (Å²) < 4.78 is 17.4. The minimum atomic E-state index is -0.651. The summed E-state index contributed by atoms with van der Waals surface area (Å²) >= 11 is 1.72. The third-order valence-corrected chi connectivity index (χ3v) is 6.99. The molecule has 0 saturated heterocycles. The summed E-state index contributed by atoms with van der Waals surface area (Å²) in [7, 11) is 1.67. The van der Waals surface area contributed by atoms with Crippen molar-refractivity contribution >= 4 is 17.5 Å². The van der Waals surface area contributed by atoms with Crippen molar-refractivity contribution in [1.82, 2.24) is 0 Å². The summed E-state index contributed by atoms with van der Waals surface area (Å²) in [5.41, 5.74) is 5.01. The van der Waals surface area contributed by atoms with Gasteiger partial charge in [-0.15, -0.1) is 11.8 Å². The molecule has 0 spiro atoms. The minimum Gasteiger partial charge on any atom is -0.497 e. The zero-order valence-corrected chi connectivity index (χ0v) is 22.3. The van der Waals surface area contributed by atoms with Crippen LogP contribution in [-0.2, 0) is 15.2 Å². The van der Waals surface area contributed by atoms with Crippen LogP contribution in [0.3, 0.4) is 0 Å². The summed E-state index contributed by atoms with van der Waals surface area (Å²) in [6, 6.07) is 31.7. The summed E-state index contributed by atoms with van der Waals surface area (Å²) in [4.78, 5) is 15.0. The average molecular weight is 513 g/mol. The molecule has 0 aromatic heterocycles. The molecular formula is C32H32O4S. The van der Waals surface area contributed by atoms with Crippen molar-refractivity contribution in [3.05, 3.63) is 119 Å². The highest BCUT2D eigenvalue weighted by Crippen LogP contribution is 2.38. The Bertz CT molecular complexity index is 1280. The van der Waals surface area contributed by atoms with Crippen molar-refractivity contribution in [2.24, 2.45) is 0 Å². The van der Waals surface area contributed by atoms with Crippen LogP contribution in [0.25, 0.3) is 11.1 Å². The van der Waals surface area contributed by atoms with E-state index in [9.17, 15) is 4.79 Å². The predicted molar refractivity (Wildman–Crippen MR) is 150 cm³/mol. The van der Waals surface area contributed by atoms with Crippen LogP contribution in [-0.4, -0.2) is 26.1 Å². The van der Waals surface area contributed by atoms with Crippen molar-refractivity contribution in [3.8, 4) is 16.9 Å². The Morgan fingerprint density at radius 1 is 0.811 bits per heavy atom. The van der Waals surface area contributed by atoms with E-state index in [1.807, 2.05) is 92.7 Å². The van der Waals surface area contributed by atoms with Crippen LogP contribution in [0.2, 0.25) is 0 Å². The van der Waals surface area contributed by atoms with Crippen LogP contribution in [0, 0.1) is 0 Å². The minimum absolute atomic E-state index is 0.0504. The third kappa shape index (κ3) is 6.69. The molecule has 37 heavy (non-hydrogen) atoms. The van der Waals surface area contributed by atoms with Crippen LogP contribution in [0.1, 0.15) is 47.2 Å². The Morgan fingerprint density at radius 2 is 1.43 bits per heavy atom. The predicted octanol–water partition coefficient (Wildman–Crippen LogP) is 7.96. The van der Waals surface area contributed by atoms with Crippen molar-refractivity contribution in [2.75, 3.05) is 20.3 Å². The Hall–Kier alpha value is -3.38. The second kappa shape index (κ2) is 13.2. The summed E-state index contributed by atoms with van der Waals surface area (Å²) in [5, 5.41) is 0. The third-order valence-electron chi connectivity index (χ3n) is 5.94. The fourth-order valence-corrected chi connectivity index (χ4v) is 5.10. The van der Waals surface area contributed by atoms with Crippen LogP contribution in [0.4, 0.5) is 0 Å². The quantitative estimate of drug-likeness (QED) is 0.109. The normalized spacial score (nSPS) is 11.0. The Labute approximate surface area is 223 Å². The Kier molecular flexibility index (Phi) is 9.55. The molecule has 4 aromatic carbocycles. The molecule has 0 radical (unpaired) electrons. The summed E-state index contributed by atoms with van der Waals surface area (Å²) in [5.74, 6) is 1.56.